The van der Waals surface area contributed by atoms with Crippen molar-refractivity contribution in [1.82, 2.24) is 4.90 Å². The van der Waals surface area contributed by atoms with E-state index in [4.69, 9.17) is 4.74 Å². The molecule has 2 rings (SSSR count). The smallest absolute Gasteiger partial charge is 0.0806 e. The van der Waals surface area contributed by atoms with Gasteiger partial charge in [0.05, 0.1) is 11.7 Å². The Balaban J connectivity index is 2.14. The van der Waals surface area contributed by atoms with Gasteiger partial charge in [0.1, 0.15) is 0 Å². The molecule has 2 nitrogen and oxygen atoms in total. The molecule has 1 aromatic rings. The summed E-state index contributed by atoms with van der Waals surface area (Å²) >= 11 is 3.55. The standard InChI is InChI=1S/C16H24BrNO/c1-12-6-5-7-13(2)15(12)10-18-9-14(8-17)19-16(3,4)11-18/h5-7,14H,8-11H2,1-4H3. The highest BCUT2D eigenvalue weighted by Gasteiger charge is 2.32. The van der Waals surface area contributed by atoms with Crippen molar-refractivity contribution in [2.75, 3.05) is 18.4 Å². The number of hydrogen-bond donors (Lipinski definition) is 0. The van der Waals surface area contributed by atoms with Gasteiger partial charge in [-0.3, -0.25) is 4.90 Å². The molecule has 0 aromatic heterocycles. The van der Waals surface area contributed by atoms with E-state index in [9.17, 15) is 0 Å². The highest BCUT2D eigenvalue weighted by Crippen LogP contribution is 2.25. The average Bonchev–Trinajstić information content (AvgIpc) is 2.32. The Morgan fingerprint density at radius 2 is 1.95 bits per heavy atom. The van der Waals surface area contributed by atoms with Crippen LogP contribution in [0.15, 0.2) is 18.2 Å². The molecule has 1 unspecified atom stereocenters. The summed E-state index contributed by atoms with van der Waals surface area (Å²) in [5.41, 5.74) is 4.18. The van der Waals surface area contributed by atoms with Crippen LogP contribution in [0.5, 0.6) is 0 Å². The van der Waals surface area contributed by atoms with Crippen LogP contribution in [0.25, 0.3) is 0 Å². The van der Waals surface area contributed by atoms with Gasteiger partial charge in [-0.25, -0.2) is 0 Å². The van der Waals surface area contributed by atoms with Gasteiger partial charge in [-0.2, -0.15) is 0 Å². The molecule has 0 amide bonds. The SMILES string of the molecule is Cc1cccc(C)c1CN1CC(CBr)OC(C)(C)C1. The Labute approximate surface area is 125 Å². The molecule has 3 heteroatoms. The van der Waals surface area contributed by atoms with E-state index in [1.165, 1.54) is 16.7 Å². The van der Waals surface area contributed by atoms with E-state index >= 15 is 0 Å². The van der Waals surface area contributed by atoms with Crippen LogP contribution in [0.4, 0.5) is 0 Å². The zero-order valence-electron chi connectivity index (χ0n) is 12.4. The molecule has 106 valence electrons. The van der Waals surface area contributed by atoms with Gasteiger partial charge in [-0.1, -0.05) is 34.1 Å². The van der Waals surface area contributed by atoms with Crippen molar-refractivity contribution in [3.63, 3.8) is 0 Å². The Hall–Kier alpha value is -0.380. The van der Waals surface area contributed by atoms with Crippen LogP contribution in [0.1, 0.15) is 30.5 Å². The number of aryl methyl sites for hydroxylation is 2. The normalized spacial score (nSPS) is 23.5. The summed E-state index contributed by atoms with van der Waals surface area (Å²) < 4.78 is 6.06. The molecule has 1 saturated heterocycles. The second-order valence-electron chi connectivity index (χ2n) is 6.19. The first kappa shape index (κ1) is 15.0. The Morgan fingerprint density at radius 1 is 1.32 bits per heavy atom. The fraction of sp³-hybridized carbons (Fsp3) is 0.625. The molecule has 1 heterocycles. The van der Waals surface area contributed by atoms with Crippen molar-refractivity contribution >= 4 is 15.9 Å². The van der Waals surface area contributed by atoms with Gasteiger partial charge in [0.25, 0.3) is 0 Å². The van der Waals surface area contributed by atoms with Crippen LogP contribution in [-0.4, -0.2) is 35.0 Å². The van der Waals surface area contributed by atoms with Crippen molar-refractivity contribution in [2.24, 2.45) is 0 Å². The molecule has 1 aliphatic rings. The molecule has 0 aliphatic carbocycles. The predicted molar refractivity (Wildman–Crippen MR) is 83.9 cm³/mol. The van der Waals surface area contributed by atoms with Crippen LogP contribution in [0, 0.1) is 13.8 Å². The molecular weight excluding hydrogens is 302 g/mol. The maximum absolute atomic E-state index is 6.06. The average molecular weight is 326 g/mol. The highest BCUT2D eigenvalue weighted by atomic mass is 79.9. The number of rotatable bonds is 3. The maximum atomic E-state index is 6.06. The largest absolute Gasteiger partial charge is 0.369 e. The lowest BCUT2D eigenvalue weighted by Crippen LogP contribution is -2.52. The molecule has 1 fully saturated rings. The zero-order valence-corrected chi connectivity index (χ0v) is 14.0. The van der Waals surface area contributed by atoms with E-state index < -0.39 is 0 Å². The summed E-state index contributed by atoms with van der Waals surface area (Å²) in [6.45, 7) is 11.8. The molecule has 0 N–H and O–H groups in total. The molecule has 1 aromatic carbocycles. The van der Waals surface area contributed by atoms with Gasteiger partial charge >= 0.3 is 0 Å². The van der Waals surface area contributed by atoms with E-state index in [0.29, 0.717) is 0 Å². The molecule has 0 spiro atoms. The minimum atomic E-state index is -0.0622. The van der Waals surface area contributed by atoms with Gasteiger partial charge in [-0.05, 0) is 44.4 Å². The van der Waals surface area contributed by atoms with Crippen molar-refractivity contribution in [3.05, 3.63) is 34.9 Å². The van der Waals surface area contributed by atoms with Crippen LogP contribution in [0.3, 0.4) is 0 Å². The van der Waals surface area contributed by atoms with Gasteiger partial charge in [-0.15, -0.1) is 0 Å². The van der Waals surface area contributed by atoms with Gasteiger partial charge < -0.3 is 4.74 Å². The van der Waals surface area contributed by atoms with E-state index in [1.807, 2.05) is 0 Å². The van der Waals surface area contributed by atoms with E-state index in [0.717, 1.165) is 25.0 Å². The molecule has 1 atom stereocenters. The Morgan fingerprint density at radius 3 is 2.53 bits per heavy atom. The highest BCUT2D eigenvalue weighted by molar-refractivity contribution is 9.09. The molecule has 19 heavy (non-hydrogen) atoms. The predicted octanol–water partition coefficient (Wildman–Crippen LogP) is 3.68. The number of halogens is 1. The number of nitrogens with zero attached hydrogens (tertiary/aromatic N) is 1. The fourth-order valence-corrected chi connectivity index (χ4v) is 3.28. The molecule has 0 saturated carbocycles. The van der Waals surface area contributed by atoms with Crippen molar-refractivity contribution in [2.45, 2.75) is 45.9 Å². The molecule has 0 bridgehead atoms. The number of benzene rings is 1. The second-order valence-corrected chi connectivity index (χ2v) is 6.84. The van der Waals surface area contributed by atoms with E-state index in [1.54, 1.807) is 0 Å². The van der Waals surface area contributed by atoms with E-state index in [2.05, 4.69) is 66.7 Å². The first-order valence-corrected chi connectivity index (χ1v) is 8.04. The summed E-state index contributed by atoms with van der Waals surface area (Å²) in [7, 11) is 0. The molecule has 1 aliphatic heterocycles. The molecular formula is C16H24BrNO. The summed E-state index contributed by atoms with van der Waals surface area (Å²) in [5, 5.41) is 0.902. The van der Waals surface area contributed by atoms with Crippen molar-refractivity contribution < 1.29 is 4.74 Å². The third-order valence-corrected chi connectivity index (χ3v) is 4.47. The summed E-state index contributed by atoms with van der Waals surface area (Å²) in [6.07, 6.45) is 0.285. The van der Waals surface area contributed by atoms with Gasteiger partial charge in [0.15, 0.2) is 0 Å². The van der Waals surface area contributed by atoms with Crippen LogP contribution >= 0.6 is 15.9 Å². The number of morpholine rings is 1. The second kappa shape index (κ2) is 5.94. The monoisotopic (exact) mass is 325 g/mol. The number of hydrogen-bond acceptors (Lipinski definition) is 2. The number of alkyl halides is 1. The van der Waals surface area contributed by atoms with Crippen LogP contribution in [0.2, 0.25) is 0 Å². The lowest BCUT2D eigenvalue weighted by Gasteiger charge is -2.42. The van der Waals surface area contributed by atoms with Crippen LogP contribution in [-0.2, 0) is 11.3 Å². The van der Waals surface area contributed by atoms with Crippen molar-refractivity contribution in [1.29, 1.82) is 0 Å². The Kier molecular flexibility index (Phi) is 4.70. The summed E-state index contributed by atoms with van der Waals surface area (Å²) in [6, 6.07) is 6.55. The van der Waals surface area contributed by atoms with Gasteiger partial charge in [0.2, 0.25) is 0 Å². The first-order chi connectivity index (χ1) is 8.91. The summed E-state index contributed by atoms with van der Waals surface area (Å²) in [5.74, 6) is 0. The lowest BCUT2D eigenvalue weighted by molar-refractivity contribution is -0.128. The van der Waals surface area contributed by atoms with Crippen molar-refractivity contribution in [3.8, 4) is 0 Å². The van der Waals surface area contributed by atoms with E-state index in [-0.39, 0.29) is 11.7 Å². The lowest BCUT2D eigenvalue weighted by atomic mass is 10.00. The minimum absolute atomic E-state index is 0.0622. The fourth-order valence-electron chi connectivity index (χ4n) is 2.94. The molecule has 0 radical (unpaired) electrons. The van der Waals surface area contributed by atoms with Crippen LogP contribution < -0.4 is 0 Å². The quantitative estimate of drug-likeness (QED) is 0.786. The first-order valence-electron chi connectivity index (χ1n) is 6.92. The minimum Gasteiger partial charge on any atom is -0.369 e. The topological polar surface area (TPSA) is 12.5 Å². The third-order valence-electron chi connectivity index (χ3n) is 3.75. The maximum Gasteiger partial charge on any atom is 0.0806 e. The third kappa shape index (κ3) is 3.80. The Bertz CT molecular complexity index is 424. The number of ether oxygens (including phenoxy) is 1. The van der Waals surface area contributed by atoms with Gasteiger partial charge in [0, 0.05) is 25.0 Å². The zero-order chi connectivity index (χ0) is 14.0. The summed E-state index contributed by atoms with van der Waals surface area (Å²) in [4.78, 5) is 2.52.